The molecule has 0 spiro atoms. The van der Waals surface area contributed by atoms with Crippen molar-refractivity contribution in [3.63, 3.8) is 0 Å². The predicted octanol–water partition coefficient (Wildman–Crippen LogP) is 15.3. The Balaban J connectivity index is 1.14. The van der Waals surface area contributed by atoms with E-state index in [4.69, 9.17) is 18.2 Å². The van der Waals surface area contributed by atoms with E-state index in [1.54, 1.807) is 0 Å². The van der Waals surface area contributed by atoms with Gasteiger partial charge in [-0.2, -0.15) is 0 Å². The fraction of sp³-hybridized carbons (Fsp3) is 0. The number of rotatable bonds is 6. The summed E-state index contributed by atoms with van der Waals surface area (Å²) in [6, 6.07) is 67.2. The van der Waals surface area contributed by atoms with Crippen LogP contribution in [0.25, 0.3) is 99.5 Å². The quantitative estimate of drug-likeness (QED) is 0.170. The Morgan fingerprint density at radius 3 is 1.88 bits per heavy atom. The number of nitrogens with zero attached hydrogens (tertiary/aromatic N) is 2. The fourth-order valence-electron chi connectivity index (χ4n) is 8.66. The van der Waals surface area contributed by atoms with E-state index < -0.39 is 0 Å². The van der Waals surface area contributed by atoms with Crippen molar-refractivity contribution in [2.24, 2.45) is 0 Å². The van der Waals surface area contributed by atoms with E-state index in [-0.39, 0.29) is 0 Å². The summed E-state index contributed by atoms with van der Waals surface area (Å²) >= 11 is 0. The zero-order valence-corrected chi connectivity index (χ0v) is 31.1. The minimum atomic E-state index is 0.585. The SMILES string of the molecule is c1ccc(-c2ccc(N(c3cccc4c3oc3c(-c5cccc6oc(-c7ccccc7)nc56)c5ccccc5cc34)c3cccc4oc5ccccc5c34)cc2)cc1. The Hall–Kier alpha value is -7.89. The van der Waals surface area contributed by atoms with Crippen molar-refractivity contribution >= 4 is 82.8 Å². The highest BCUT2D eigenvalue weighted by Crippen LogP contribution is 2.49. The van der Waals surface area contributed by atoms with Gasteiger partial charge in [-0.15, -0.1) is 0 Å². The van der Waals surface area contributed by atoms with Gasteiger partial charge in [0.2, 0.25) is 5.89 Å². The minimum absolute atomic E-state index is 0.585. The molecule has 9 aromatic carbocycles. The highest BCUT2D eigenvalue weighted by atomic mass is 16.3. The van der Waals surface area contributed by atoms with Gasteiger partial charge in [-0.05, 0) is 82.6 Å². The molecule has 0 aliphatic carbocycles. The largest absolute Gasteiger partial charge is 0.456 e. The molecule has 0 aliphatic heterocycles. The highest BCUT2D eigenvalue weighted by Gasteiger charge is 2.26. The van der Waals surface area contributed by atoms with E-state index in [9.17, 15) is 0 Å². The van der Waals surface area contributed by atoms with E-state index in [0.29, 0.717) is 5.89 Å². The molecule has 0 saturated heterocycles. The zero-order valence-electron chi connectivity index (χ0n) is 31.1. The van der Waals surface area contributed by atoms with Crippen LogP contribution in [0.2, 0.25) is 0 Å². The van der Waals surface area contributed by atoms with Crippen molar-refractivity contribution in [1.82, 2.24) is 4.98 Å². The number of anilines is 3. The smallest absolute Gasteiger partial charge is 0.227 e. The Labute approximate surface area is 332 Å². The summed E-state index contributed by atoms with van der Waals surface area (Å²) in [6.07, 6.45) is 0. The summed E-state index contributed by atoms with van der Waals surface area (Å²) in [6.45, 7) is 0. The third-order valence-electron chi connectivity index (χ3n) is 11.3. The van der Waals surface area contributed by atoms with Gasteiger partial charge in [-0.25, -0.2) is 4.98 Å². The van der Waals surface area contributed by atoms with Gasteiger partial charge < -0.3 is 18.2 Å². The van der Waals surface area contributed by atoms with Crippen LogP contribution in [-0.2, 0) is 0 Å². The van der Waals surface area contributed by atoms with Crippen molar-refractivity contribution in [2.75, 3.05) is 4.90 Å². The maximum absolute atomic E-state index is 7.29. The summed E-state index contributed by atoms with van der Waals surface area (Å²) in [7, 11) is 0. The Morgan fingerprint density at radius 1 is 0.397 bits per heavy atom. The molecule has 3 heterocycles. The lowest BCUT2D eigenvalue weighted by atomic mass is 9.94. The Bertz CT molecular complexity index is 3510. The van der Waals surface area contributed by atoms with E-state index >= 15 is 0 Å². The first kappa shape index (κ1) is 32.4. The average molecular weight is 745 g/mol. The van der Waals surface area contributed by atoms with Gasteiger partial charge in [-0.3, -0.25) is 0 Å². The number of benzene rings is 9. The third kappa shape index (κ3) is 5.00. The van der Waals surface area contributed by atoms with Crippen molar-refractivity contribution in [3.8, 4) is 33.7 Å². The van der Waals surface area contributed by atoms with Crippen LogP contribution in [0.1, 0.15) is 0 Å². The van der Waals surface area contributed by atoms with Crippen LogP contribution in [0.15, 0.2) is 207 Å². The monoisotopic (exact) mass is 744 g/mol. The Morgan fingerprint density at radius 2 is 1.03 bits per heavy atom. The molecule has 0 amide bonds. The Kier molecular flexibility index (Phi) is 7.16. The number of hydrogen-bond acceptors (Lipinski definition) is 5. The van der Waals surface area contributed by atoms with Gasteiger partial charge in [0.15, 0.2) is 11.2 Å². The summed E-state index contributed by atoms with van der Waals surface area (Å²) in [5.41, 5.74) is 12.8. The van der Waals surface area contributed by atoms with E-state index in [0.717, 1.165) is 105 Å². The standard InChI is InChI=1S/C53H32N2O3/c1-3-14-33(15-4-1)34-28-30-37(31-29-34)55(43-23-13-26-46-49(43)40-20-9-10-25-45(40)56-46)44-24-11-21-39-42-32-36-18-7-8-19-38(36)48(52(42)58-51(39)44)41-22-12-27-47-50(41)54-53(57-47)35-16-5-2-6-17-35/h1-32H. The van der Waals surface area contributed by atoms with Crippen LogP contribution in [-0.4, -0.2) is 4.98 Å². The van der Waals surface area contributed by atoms with E-state index in [2.05, 4.69) is 132 Å². The fourth-order valence-corrected chi connectivity index (χ4v) is 8.66. The first-order valence-electron chi connectivity index (χ1n) is 19.4. The molecule has 0 radical (unpaired) electrons. The number of oxazole rings is 1. The second-order valence-corrected chi connectivity index (χ2v) is 14.6. The summed E-state index contributed by atoms with van der Waals surface area (Å²) in [5, 5.41) is 6.34. The molecule has 0 atom stereocenters. The molecule has 0 aliphatic rings. The molecule has 12 rings (SSSR count). The van der Waals surface area contributed by atoms with Crippen molar-refractivity contribution in [3.05, 3.63) is 194 Å². The first-order chi connectivity index (χ1) is 28.8. The van der Waals surface area contributed by atoms with Gasteiger partial charge in [-0.1, -0.05) is 133 Å². The summed E-state index contributed by atoms with van der Waals surface area (Å²) in [5.74, 6) is 0.585. The molecular formula is C53H32N2O3. The summed E-state index contributed by atoms with van der Waals surface area (Å²) in [4.78, 5) is 7.42. The van der Waals surface area contributed by atoms with Gasteiger partial charge in [0.25, 0.3) is 0 Å². The summed E-state index contributed by atoms with van der Waals surface area (Å²) < 4.78 is 20.1. The predicted molar refractivity (Wildman–Crippen MR) is 237 cm³/mol. The van der Waals surface area contributed by atoms with Gasteiger partial charge in [0.05, 0.1) is 16.8 Å². The van der Waals surface area contributed by atoms with Crippen LogP contribution in [0.4, 0.5) is 17.1 Å². The van der Waals surface area contributed by atoms with E-state index in [1.165, 1.54) is 5.56 Å². The molecule has 0 bridgehead atoms. The third-order valence-corrected chi connectivity index (χ3v) is 11.3. The lowest BCUT2D eigenvalue weighted by Gasteiger charge is -2.26. The number of hydrogen-bond donors (Lipinski definition) is 0. The minimum Gasteiger partial charge on any atom is -0.456 e. The molecule has 0 saturated carbocycles. The first-order valence-corrected chi connectivity index (χ1v) is 19.4. The molecule has 0 unspecified atom stereocenters. The molecule has 5 nitrogen and oxygen atoms in total. The van der Waals surface area contributed by atoms with Gasteiger partial charge in [0, 0.05) is 38.5 Å². The van der Waals surface area contributed by atoms with Crippen molar-refractivity contribution in [1.29, 1.82) is 0 Å². The van der Waals surface area contributed by atoms with E-state index in [1.807, 2.05) is 66.7 Å². The van der Waals surface area contributed by atoms with Crippen LogP contribution in [0.3, 0.4) is 0 Å². The number of aromatic nitrogens is 1. The molecule has 3 aromatic heterocycles. The molecule has 12 aromatic rings. The van der Waals surface area contributed by atoms with Crippen LogP contribution in [0, 0.1) is 0 Å². The van der Waals surface area contributed by atoms with Gasteiger partial charge >= 0.3 is 0 Å². The maximum Gasteiger partial charge on any atom is 0.227 e. The normalized spacial score (nSPS) is 11.8. The number of furan rings is 2. The maximum atomic E-state index is 7.29. The zero-order chi connectivity index (χ0) is 38.2. The number of para-hydroxylation sites is 3. The lowest BCUT2D eigenvalue weighted by Crippen LogP contribution is -2.10. The second-order valence-electron chi connectivity index (χ2n) is 14.6. The lowest BCUT2D eigenvalue weighted by molar-refractivity contribution is 0.620. The topological polar surface area (TPSA) is 55.6 Å². The molecule has 0 N–H and O–H groups in total. The van der Waals surface area contributed by atoms with Crippen molar-refractivity contribution < 1.29 is 13.3 Å². The molecule has 58 heavy (non-hydrogen) atoms. The highest BCUT2D eigenvalue weighted by molar-refractivity contribution is 6.22. The van der Waals surface area contributed by atoms with Crippen LogP contribution in [0.5, 0.6) is 0 Å². The molecule has 272 valence electrons. The molecular weight excluding hydrogens is 713 g/mol. The van der Waals surface area contributed by atoms with Gasteiger partial charge in [0.1, 0.15) is 22.3 Å². The molecule has 0 fully saturated rings. The molecule has 5 heteroatoms. The van der Waals surface area contributed by atoms with Crippen LogP contribution >= 0.6 is 0 Å². The number of fused-ring (bicyclic) bond motifs is 8. The average Bonchev–Trinajstić information content (AvgIpc) is 4.01. The van der Waals surface area contributed by atoms with Crippen molar-refractivity contribution in [2.45, 2.75) is 0 Å². The van der Waals surface area contributed by atoms with Crippen LogP contribution < -0.4 is 4.90 Å². The second kappa shape index (κ2) is 12.8.